The molecule has 1 aliphatic carbocycles. The van der Waals surface area contributed by atoms with Crippen LogP contribution in [0.25, 0.3) is 0 Å². The second-order valence-corrected chi connectivity index (χ2v) is 6.70. The quantitative estimate of drug-likeness (QED) is 0.774. The predicted molar refractivity (Wildman–Crippen MR) is 80.7 cm³/mol. The minimum absolute atomic E-state index is 0.0208. The summed E-state index contributed by atoms with van der Waals surface area (Å²) in [5.41, 5.74) is 0. The van der Waals surface area contributed by atoms with Crippen molar-refractivity contribution in [2.45, 2.75) is 70.5 Å². The fourth-order valence-electron chi connectivity index (χ4n) is 3.58. The van der Waals surface area contributed by atoms with Gasteiger partial charge in [0, 0.05) is 6.04 Å². The zero-order chi connectivity index (χ0) is 15.4. The van der Waals surface area contributed by atoms with Crippen molar-refractivity contribution in [3.8, 4) is 0 Å². The van der Waals surface area contributed by atoms with Crippen molar-refractivity contribution in [2.75, 3.05) is 7.11 Å². The molecule has 0 aromatic carbocycles. The highest BCUT2D eigenvalue weighted by molar-refractivity contribution is 5.87. The molecule has 1 amide bonds. The van der Waals surface area contributed by atoms with Gasteiger partial charge in [-0.25, -0.2) is 4.79 Å². The van der Waals surface area contributed by atoms with E-state index in [1.54, 1.807) is 0 Å². The lowest BCUT2D eigenvalue weighted by atomic mass is 9.77. The van der Waals surface area contributed by atoms with E-state index in [9.17, 15) is 9.59 Å². The normalized spacial score (nSPS) is 30.4. The third-order valence-electron chi connectivity index (χ3n) is 4.89. The number of piperidine rings is 1. The van der Waals surface area contributed by atoms with Crippen LogP contribution >= 0.6 is 0 Å². The Labute approximate surface area is 127 Å². The second-order valence-electron chi connectivity index (χ2n) is 6.70. The fourth-order valence-corrected chi connectivity index (χ4v) is 3.58. The molecular formula is C16H28N2O3. The molecule has 2 N–H and O–H groups in total. The van der Waals surface area contributed by atoms with Crippen molar-refractivity contribution in [2.24, 2.45) is 11.8 Å². The number of carbonyl (C=O) groups excluding carboxylic acids is 2. The van der Waals surface area contributed by atoms with Crippen LogP contribution in [0.2, 0.25) is 0 Å². The Kier molecular flexibility index (Phi) is 5.62. The molecule has 0 spiro atoms. The van der Waals surface area contributed by atoms with Gasteiger partial charge in [-0.05, 0) is 37.5 Å². The largest absolute Gasteiger partial charge is 0.467 e. The molecule has 2 rings (SSSR count). The van der Waals surface area contributed by atoms with E-state index in [-0.39, 0.29) is 23.8 Å². The van der Waals surface area contributed by atoms with Gasteiger partial charge in [0.25, 0.3) is 0 Å². The Hall–Kier alpha value is -1.10. The van der Waals surface area contributed by atoms with Gasteiger partial charge in [0.1, 0.15) is 6.04 Å². The first kappa shape index (κ1) is 16.3. The Balaban J connectivity index is 1.92. The first-order valence-electron chi connectivity index (χ1n) is 8.17. The number of hydrogen-bond acceptors (Lipinski definition) is 4. The summed E-state index contributed by atoms with van der Waals surface area (Å²) in [7, 11) is 1.36. The maximum atomic E-state index is 12.4. The zero-order valence-electron chi connectivity index (χ0n) is 13.4. The third kappa shape index (κ3) is 3.96. The number of fused-ring (bicyclic) bond motifs is 1. The van der Waals surface area contributed by atoms with Crippen LogP contribution < -0.4 is 10.6 Å². The van der Waals surface area contributed by atoms with Gasteiger partial charge in [-0.15, -0.1) is 0 Å². The van der Waals surface area contributed by atoms with Crippen molar-refractivity contribution in [3.05, 3.63) is 0 Å². The molecule has 2 fully saturated rings. The lowest BCUT2D eigenvalue weighted by Gasteiger charge is -2.40. The monoisotopic (exact) mass is 296 g/mol. The lowest BCUT2D eigenvalue weighted by Crippen LogP contribution is -2.57. The van der Waals surface area contributed by atoms with Crippen molar-refractivity contribution < 1.29 is 14.3 Å². The van der Waals surface area contributed by atoms with Gasteiger partial charge < -0.3 is 15.4 Å². The highest BCUT2D eigenvalue weighted by Crippen LogP contribution is 2.32. The predicted octanol–water partition coefficient (Wildman–Crippen LogP) is 1.61. The van der Waals surface area contributed by atoms with Gasteiger partial charge in [0.2, 0.25) is 5.91 Å². The molecule has 1 saturated heterocycles. The van der Waals surface area contributed by atoms with Gasteiger partial charge >= 0.3 is 5.97 Å². The number of ether oxygens (including phenoxy) is 1. The van der Waals surface area contributed by atoms with Crippen molar-refractivity contribution >= 4 is 11.9 Å². The van der Waals surface area contributed by atoms with Gasteiger partial charge in [0.05, 0.1) is 13.2 Å². The molecule has 120 valence electrons. The molecule has 1 aliphatic heterocycles. The lowest BCUT2D eigenvalue weighted by molar-refractivity contribution is -0.146. The summed E-state index contributed by atoms with van der Waals surface area (Å²) in [6, 6.07) is -0.262. The molecule has 0 radical (unpaired) electrons. The van der Waals surface area contributed by atoms with E-state index in [4.69, 9.17) is 4.74 Å². The van der Waals surface area contributed by atoms with Crippen LogP contribution in [0.15, 0.2) is 0 Å². The molecule has 21 heavy (non-hydrogen) atoms. The number of hydrogen-bond donors (Lipinski definition) is 2. The van der Waals surface area contributed by atoms with E-state index in [2.05, 4.69) is 10.6 Å². The Morgan fingerprint density at radius 1 is 1.14 bits per heavy atom. The number of amides is 1. The number of carbonyl (C=O) groups is 2. The second kappa shape index (κ2) is 7.25. The standard InChI is InChI=1S/C16H28N2O3/c1-10(2)14(16(20)21-3)18-15(19)13-9-8-11-6-4-5-7-12(11)17-13/h10-14,17H,4-9H2,1-3H3,(H,18,19). The molecule has 0 bridgehead atoms. The topological polar surface area (TPSA) is 67.4 Å². The van der Waals surface area contributed by atoms with Crippen molar-refractivity contribution in [1.29, 1.82) is 0 Å². The molecule has 5 heteroatoms. The number of methoxy groups -OCH3 is 1. The van der Waals surface area contributed by atoms with E-state index in [0.717, 1.165) is 18.8 Å². The number of esters is 1. The van der Waals surface area contributed by atoms with E-state index in [0.29, 0.717) is 6.04 Å². The highest BCUT2D eigenvalue weighted by atomic mass is 16.5. The van der Waals surface area contributed by atoms with Gasteiger partial charge in [-0.3, -0.25) is 4.79 Å². The van der Waals surface area contributed by atoms with Crippen LogP contribution in [0.4, 0.5) is 0 Å². The van der Waals surface area contributed by atoms with Crippen LogP contribution in [0.3, 0.4) is 0 Å². The molecule has 2 aliphatic rings. The Morgan fingerprint density at radius 2 is 1.86 bits per heavy atom. The summed E-state index contributed by atoms with van der Waals surface area (Å²) in [4.78, 5) is 24.2. The van der Waals surface area contributed by atoms with Gasteiger partial charge in [0.15, 0.2) is 0 Å². The van der Waals surface area contributed by atoms with Crippen molar-refractivity contribution in [1.82, 2.24) is 10.6 Å². The molecule has 1 heterocycles. The highest BCUT2D eigenvalue weighted by Gasteiger charge is 2.36. The summed E-state index contributed by atoms with van der Waals surface area (Å²) in [5, 5.41) is 6.35. The summed E-state index contributed by atoms with van der Waals surface area (Å²) >= 11 is 0. The smallest absolute Gasteiger partial charge is 0.328 e. The van der Waals surface area contributed by atoms with Crippen LogP contribution in [0, 0.1) is 11.8 Å². The minimum Gasteiger partial charge on any atom is -0.467 e. The van der Waals surface area contributed by atoms with Gasteiger partial charge in [-0.2, -0.15) is 0 Å². The average molecular weight is 296 g/mol. The van der Waals surface area contributed by atoms with Crippen LogP contribution in [-0.2, 0) is 14.3 Å². The van der Waals surface area contributed by atoms with Crippen LogP contribution in [-0.4, -0.2) is 37.1 Å². The molecule has 0 aromatic rings. The molecule has 4 atom stereocenters. The Bertz CT molecular complexity index is 384. The SMILES string of the molecule is COC(=O)C(NC(=O)C1CCC2CCCCC2N1)C(C)C. The van der Waals surface area contributed by atoms with E-state index in [1.165, 1.54) is 32.8 Å². The van der Waals surface area contributed by atoms with Gasteiger partial charge in [-0.1, -0.05) is 26.7 Å². The van der Waals surface area contributed by atoms with Crippen molar-refractivity contribution in [3.63, 3.8) is 0 Å². The Morgan fingerprint density at radius 3 is 2.52 bits per heavy atom. The van der Waals surface area contributed by atoms with E-state index < -0.39 is 6.04 Å². The van der Waals surface area contributed by atoms with Crippen LogP contribution in [0.1, 0.15) is 52.4 Å². The number of nitrogens with one attached hydrogen (secondary N) is 2. The molecular weight excluding hydrogens is 268 g/mol. The summed E-state index contributed by atoms with van der Waals surface area (Å²) in [6.45, 7) is 3.82. The first-order valence-corrected chi connectivity index (χ1v) is 8.17. The zero-order valence-corrected chi connectivity index (χ0v) is 13.4. The summed E-state index contributed by atoms with van der Waals surface area (Å²) < 4.78 is 4.77. The molecule has 4 unspecified atom stereocenters. The van der Waals surface area contributed by atoms with E-state index >= 15 is 0 Å². The minimum atomic E-state index is -0.562. The van der Waals surface area contributed by atoms with E-state index in [1.807, 2.05) is 13.8 Å². The van der Waals surface area contributed by atoms with Crippen LogP contribution in [0.5, 0.6) is 0 Å². The maximum absolute atomic E-state index is 12.4. The summed E-state index contributed by atoms with van der Waals surface area (Å²) in [5.74, 6) is 0.310. The maximum Gasteiger partial charge on any atom is 0.328 e. The third-order valence-corrected chi connectivity index (χ3v) is 4.89. The first-order chi connectivity index (χ1) is 10.0. The average Bonchev–Trinajstić information content (AvgIpc) is 2.50. The molecule has 0 aromatic heterocycles. The summed E-state index contributed by atoms with van der Waals surface area (Å²) in [6.07, 6.45) is 6.98. The molecule has 1 saturated carbocycles. The number of rotatable bonds is 4. The fraction of sp³-hybridized carbons (Fsp3) is 0.875. The molecule has 5 nitrogen and oxygen atoms in total.